The standard InChI is InChI=1S/C15H12BrClN2O2/c16-12-2-1-3-14(8-12)21-10-15(20)19-18-9-11-4-6-13(17)7-5-11/h1-9H,10H2,(H,19,20). The van der Waals surface area contributed by atoms with E-state index < -0.39 is 0 Å². The van der Waals surface area contributed by atoms with Gasteiger partial charge in [0.25, 0.3) is 5.91 Å². The minimum absolute atomic E-state index is 0.103. The monoisotopic (exact) mass is 366 g/mol. The number of carbonyl (C=O) groups excluding carboxylic acids is 1. The molecule has 21 heavy (non-hydrogen) atoms. The molecule has 0 aliphatic heterocycles. The van der Waals surface area contributed by atoms with E-state index in [1.807, 2.05) is 12.1 Å². The number of benzene rings is 2. The highest BCUT2D eigenvalue weighted by atomic mass is 79.9. The van der Waals surface area contributed by atoms with E-state index in [1.165, 1.54) is 6.21 Å². The van der Waals surface area contributed by atoms with Gasteiger partial charge in [0.1, 0.15) is 5.75 Å². The van der Waals surface area contributed by atoms with Crippen molar-refractivity contribution in [1.82, 2.24) is 5.43 Å². The van der Waals surface area contributed by atoms with E-state index in [4.69, 9.17) is 16.3 Å². The van der Waals surface area contributed by atoms with Crippen molar-refractivity contribution < 1.29 is 9.53 Å². The highest BCUT2D eigenvalue weighted by molar-refractivity contribution is 9.10. The first-order chi connectivity index (χ1) is 10.1. The molecule has 0 spiro atoms. The maximum Gasteiger partial charge on any atom is 0.277 e. The van der Waals surface area contributed by atoms with Crippen molar-refractivity contribution in [2.75, 3.05) is 6.61 Å². The molecular formula is C15H12BrClN2O2. The largest absolute Gasteiger partial charge is 0.484 e. The number of carbonyl (C=O) groups is 1. The maximum atomic E-state index is 11.6. The van der Waals surface area contributed by atoms with Crippen molar-refractivity contribution in [3.8, 4) is 5.75 Å². The van der Waals surface area contributed by atoms with Gasteiger partial charge < -0.3 is 4.74 Å². The summed E-state index contributed by atoms with van der Waals surface area (Å²) in [6.07, 6.45) is 1.54. The number of nitrogens with one attached hydrogen (secondary N) is 1. The summed E-state index contributed by atoms with van der Waals surface area (Å²) in [6, 6.07) is 14.4. The summed E-state index contributed by atoms with van der Waals surface area (Å²) in [5, 5.41) is 4.50. The third-order valence-corrected chi connectivity index (χ3v) is 3.18. The maximum absolute atomic E-state index is 11.6. The minimum Gasteiger partial charge on any atom is -0.484 e. The topological polar surface area (TPSA) is 50.7 Å². The second-order valence-corrected chi connectivity index (χ2v) is 5.44. The van der Waals surface area contributed by atoms with E-state index in [-0.39, 0.29) is 12.5 Å². The van der Waals surface area contributed by atoms with E-state index in [0.29, 0.717) is 10.8 Å². The zero-order valence-corrected chi connectivity index (χ0v) is 13.3. The molecule has 0 aliphatic carbocycles. The molecular weight excluding hydrogens is 356 g/mol. The molecule has 0 radical (unpaired) electrons. The van der Waals surface area contributed by atoms with Crippen molar-refractivity contribution in [1.29, 1.82) is 0 Å². The molecule has 1 amide bonds. The molecule has 2 rings (SSSR count). The molecule has 0 atom stereocenters. The summed E-state index contributed by atoms with van der Waals surface area (Å²) < 4.78 is 6.22. The highest BCUT2D eigenvalue weighted by Crippen LogP contribution is 2.17. The van der Waals surface area contributed by atoms with Gasteiger partial charge in [0.05, 0.1) is 6.21 Å². The second-order valence-electron chi connectivity index (χ2n) is 4.09. The third-order valence-electron chi connectivity index (χ3n) is 2.44. The van der Waals surface area contributed by atoms with Crippen molar-refractivity contribution in [2.45, 2.75) is 0 Å². The van der Waals surface area contributed by atoms with Gasteiger partial charge in [-0.3, -0.25) is 4.79 Å². The van der Waals surface area contributed by atoms with Crippen LogP contribution >= 0.6 is 27.5 Å². The molecule has 108 valence electrons. The van der Waals surface area contributed by atoms with Crippen molar-refractivity contribution in [3.05, 3.63) is 63.6 Å². The lowest BCUT2D eigenvalue weighted by Crippen LogP contribution is -2.24. The fourth-order valence-electron chi connectivity index (χ4n) is 1.47. The van der Waals surface area contributed by atoms with Gasteiger partial charge in [-0.2, -0.15) is 5.10 Å². The predicted molar refractivity (Wildman–Crippen MR) is 86.8 cm³/mol. The Bertz CT molecular complexity index is 644. The minimum atomic E-state index is -0.333. The van der Waals surface area contributed by atoms with Crippen LogP contribution in [0.2, 0.25) is 5.02 Å². The summed E-state index contributed by atoms with van der Waals surface area (Å²) in [4.78, 5) is 11.6. The Morgan fingerprint density at radius 3 is 2.76 bits per heavy atom. The van der Waals surface area contributed by atoms with Crippen LogP contribution in [0.3, 0.4) is 0 Å². The second kappa shape index (κ2) is 7.81. The lowest BCUT2D eigenvalue weighted by Gasteiger charge is -2.05. The average Bonchev–Trinajstić information content (AvgIpc) is 2.47. The predicted octanol–water partition coefficient (Wildman–Crippen LogP) is 3.63. The van der Waals surface area contributed by atoms with E-state index in [2.05, 4.69) is 26.5 Å². The van der Waals surface area contributed by atoms with Crippen LogP contribution < -0.4 is 10.2 Å². The van der Waals surface area contributed by atoms with Crippen molar-refractivity contribution >= 4 is 39.7 Å². The molecule has 6 heteroatoms. The first kappa shape index (κ1) is 15.5. The summed E-state index contributed by atoms with van der Waals surface area (Å²) in [7, 11) is 0. The van der Waals surface area contributed by atoms with Crippen LogP contribution in [-0.2, 0) is 4.79 Å². The van der Waals surface area contributed by atoms with Crippen LogP contribution in [-0.4, -0.2) is 18.7 Å². The van der Waals surface area contributed by atoms with Crippen molar-refractivity contribution in [2.24, 2.45) is 5.10 Å². The first-order valence-corrected chi connectivity index (χ1v) is 7.26. The molecule has 0 aliphatic rings. The molecule has 0 aromatic heterocycles. The zero-order chi connectivity index (χ0) is 15.1. The number of hydrogen-bond donors (Lipinski definition) is 1. The Labute approximate surface area is 135 Å². The Morgan fingerprint density at radius 1 is 1.29 bits per heavy atom. The average molecular weight is 368 g/mol. The Balaban J connectivity index is 1.78. The summed E-state index contributed by atoms with van der Waals surface area (Å²) in [6.45, 7) is -0.103. The van der Waals surface area contributed by atoms with Crippen LogP contribution in [0.25, 0.3) is 0 Å². The van der Waals surface area contributed by atoms with Gasteiger partial charge in [-0.15, -0.1) is 0 Å². The molecule has 0 unspecified atom stereocenters. The van der Waals surface area contributed by atoms with Gasteiger partial charge in [-0.25, -0.2) is 5.43 Å². The number of rotatable bonds is 5. The molecule has 0 saturated heterocycles. The zero-order valence-electron chi connectivity index (χ0n) is 10.9. The van der Waals surface area contributed by atoms with Gasteiger partial charge in [0, 0.05) is 9.50 Å². The Kier molecular flexibility index (Phi) is 5.78. The number of nitrogens with zero attached hydrogens (tertiary/aromatic N) is 1. The number of halogens is 2. The van der Waals surface area contributed by atoms with Crippen LogP contribution in [0.4, 0.5) is 0 Å². The lowest BCUT2D eigenvalue weighted by atomic mass is 10.2. The highest BCUT2D eigenvalue weighted by Gasteiger charge is 2.01. The molecule has 0 fully saturated rings. The number of hydrazone groups is 1. The smallest absolute Gasteiger partial charge is 0.277 e. The summed E-state index contributed by atoms with van der Waals surface area (Å²) >= 11 is 9.10. The van der Waals surface area contributed by atoms with Crippen LogP contribution in [0, 0.1) is 0 Å². The number of hydrogen-bond acceptors (Lipinski definition) is 3. The lowest BCUT2D eigenvalue weighted by molar-refractivity contribution is -0.123. The van der Waals surface area contributed by atoms with Crippen LogP contribution in [0.5, 0.6) is 5.75 Å². The number of amides is 1. The normalized spacial score (nSPS) is 10.6. The first-order valence-electron chi connectivity index (χ1n) is 6.09. The molecule has 0 heterocycles. The van der Waals surface area contributed by atoms with Crippen LogP contribution in [0.15, 0.2) is 58.1 Å². The molecule has 0 saturated carbocycles. The van der Waals surface area contributed by atoms with Gasteiger partial charge in [-0.1, -0.05) is 45.7 Å². The summed E-state index contributed by atoms with van der Waals surface area (Å²) in [5.74, 6) is 0.279. The van der Waals surface area contributed by atoms with Gasteiger partial charge >= 0.3 is 0 Å². The van der Waals surface area contributed by atoms with E-state index in [0.717, 1.165) is 10.0 Å². The fraction of sp³-hybridized carbons (Fsp3) is 0.0667. The SMILES string of the molecule is O=C(COc1cccc(Br)c1)NN=Cc1ccc(Cl)cc1. The summed E-state index contributed by atoms with van der Waals surface area (Å²) in [5.41, 5.74) is 3.23. The fourth-order valence-corrected chi connectivity index (χ4v) is 1.97. The molecule has 0 bridgehead atoms. The van der Waals surface area contributed by atoms with E-state index in [1.54, 1.807) is 36.4 Å². The van der Waals surface area contributed by atoms with Gasteiger partial charge in [0.2, 0.25) is 0 Å². The third kappa shape index (κ3) is 5.57. The van der Waals surface area contributed by atoms with Crippen LogP contribution in [0.1, 0.15) is 5.56 Å². The quantitative estimate of drug-likeness (QED) is 0.648. The molecule has 2 aromatic rings. The molecule has 1 N–H and O–H groups in total. The molecule has 2 aromatic carbocycles. The Hall–Kier alpha value is -1.85. The van der Waals surface area contributed by atoms with Gasteiger partial charge in [-0.05, 0) is 35.9 Å². The van der Waals surface area contributed by atoms with E-state index >= 15 is 0 Å². The van der Waals surface area contributed by atoms with Gasteiger partial charge in [0.15, 0.2) is 6.61 Å². The Morgan fingerprint density at radius 2 is 2.05 bits per heavy atom. The number of ether oxygens (including phenoxy) is 1. The van der Waals surface area contributed by atoms with Crippen molar-refractivity contribution in [3.63, 3.8) is 0 Å². The van der Waals surface area contributed by atoms with E-state index in [9.17, 15) is 4.79 Å². The molecule has 4 nitrogen and oxygen atoms in total.